The number of benzene rings is 1. The highest BCUT2D eigenvalue weighted by Crippen LogP contribution is 2.36. The summed E-state index contributed by atoms with van der Waals surface area (Å²) in [5.41, 5.74) is 5.58. The first-order chi connectivity index (χ1) is 14.0. The van der Waals surface area contributed by atoms with Gasteiger partial charge in [0.2, 0.25) is 0 Å². The summed E-state index contributed by atoms with van der Waals surface area (Å²) in [5.74, 6) is -0.650. The minimum absolute atomic E-state index is 0.0606. The number of ether oxygens (including phenoxy) is 2. The second kappa shape index (κ2) is 7.55. The van der Waals surface area contributed by atoms with Gasteiger partial charge < -0.3 is 25.3 Å². The van der Waals surface area contributed by atoms with E-state index in [0.29, 0.717) is 19.8 Å². The first-order valence-electron chi connectivity index (χ1n) is 9.36. The summed E-state index contributed by atoms with van der Waals surface area (Å²) in [6, 6.07) is 4.88. The first kappa shape index (κ1) is 18.9. The Morgan fingerprint density at radius 1 is 1.45 bits per heavy atom. The normalized spacial score (nSPS) is 16.4. The molecule has 0 aliphatic carbocycles. The van der Waals surface area contributed by atoms with Gasteiger partial charge in [0.15, 0.2) is 28.7 Å². The second-order valence-corrected chi connectivity index (χ2v) is 6.72. The van der Waals surface area contributed by atoms with Crippen molar-refractivity contribution >= 4 is 17.1 Å². The SMILES string of the molecule is CCOc1cccc(-c2nc(C(N)=O)c3[nH]c(=O)n(C[C@H]4CCCO4)c3n2)c1O. The van der Waals surface area contributed by atoms with Gasteiger partial charge in [-0.05, 0) is 31.9 Å². The number of rotatable bonds is 6. The van der Waals surface area contributed by atoms with Crippen LogP contribution in [-0.4, -0.2) is 49.9 Å². The second-order valence-electron chi connectivity index (χ2n) is 6.72. The number of aromatic nitrogens is 4. The van der Waals surface area contributed by atoms with E-state index in [9.17, 15) is 14.7 Å². The Hall–Kier alpha value is -3.40. The molecule has 1 aliphatic rings. The molecule has 3 heterocycles. The minimum atomic E-state index is -0.815. The molecule has 1 saturated heterocycles. The van der Waals surface area contributed by atoms with E-state index < -0.39 is 11.6 Å². The highest BCUT2D eigenvalue weighted by atomic mass is 16.5. The third-order valence-corrected chi connectivity index (χ3v) is 4.81. The summed E-state index contributed by atoms with van der Waals surface area (Å²) >= 11 is 0. The van der Waals surface area contributed by atoms with Crippen LogP contribution in [0.25, 0.3) is 22.6 Å². The van der Waals surface area contributed by atoms with Gasteiger partial charge in [-0.2, -0.15) is 0 Å². The summed E-state index contributed by atoms with van der Waals surface area (Å²) in [5, 5.41) is 10.6. The average molecular weight is 399 g/mol. The molecule has 3 aromatic rings. The Kier molecular flexibility index (Phi) is 4.93. The summed E-state index contributed by atoms with van der Waals surface area (Å²) in [7, 11) is 0. The number of fused-ring (bicyclic) bond motifs is 1. The number of hydrogen-bond donors (Lipinski definition) is 3. The zero-order valence-corrected chi connectivity index (χ0v) is 15.8. The van der Waals surface area contributed by atoms with Crippen LogP contribution in [0.5, 0.6) is 11.5 Å². The van der Waals surface area contributed by atoms with Crippen LogP contribution in [-0.2, 0) is 11.3 Å². The number of phenols is 1. The van der Waals surface area contributed by atoms with Crippen molar-refractivity contribution in [1.29, 1.82) is 0 Å². The Bertz CT molecular complexity index is 1130. The number of nitrogens with zero attached hydrogens (tertiary/aromatic N) is 3. The number of primary amides is 1. The van der Waals surface area contributed by atoms with Crippen LogP contribution in [0.2, 0.25) is 0 Å². The molecule has 10 nitrogen and oxygen atoms in total. The molecule has 0 spiro atoms. The van der Waals surface area contributed by atoms with E-state index >= 15 is 0 Å². The number of hydrogen-bond acceptors (Lipinski definition) is 7. The Morgan fingerprint density at radius 3 is 2.97 bits per heavy atom. The van der Waals surface area contributed by atoms with Gasteiger partial charge in [0.25, 0.3) is 5.91 Å². The lowest BCUT2D eigenvalue weighted by molar-refractivity contribution is 0.0970. The van der Waals surface area contributed by atoms with Crippen molar-refractivity contribution in [3.05, 3.63) is 34.4 Å². The topological polar surface area (TPSA) is 145 Å². The third kappa shape index (κ3) is 3.42. The number of nitrogens with two attached hydrogens (primary N) is 1. The molecule has 4 rings (SSSR count). The lowest BCUT2D eigenvalue weighted by Crippen LogP contribution is -2.24. The number of aromatic amines is 1. The molecule has 0 unspecified atom stereocenters. The Balaban J connectivity index is 1.91. The molecule has 1 aromatic carbocycles. The van der Waals surface area contributed by atoms with E-state index in [0.717, 1.165) is 12.8 Å². The van der Waals surface area contributed by atoms with Crippen LogP contribution in [0, 0.1) is 0 Å². The molecule has 1 atom stereocenters. The van der Waals surface area contributed by atoms with Crippen LogP contribution in [0.15, 0.2) is 23.0 Å². The summed E-state index contributed by atoms with van der Waals surface area (Å²) < 4.78 is 12.4. The van der Waals surface area contributed by atoms with Gasteiger partial charge in [-0.3, -0.25) is 9.36 Å². The van der Waals surface area contributed by atoms with Crippen LogP contribution < -0.4 is 16.2 Å². The maximum Gasteiger partial charge on any atom is 0.327 e. The quantitative estimate of drug-likeness (QED) is 0.564. The van der Waals surface area contributed by atoms with Gasteiger partial charge in [0.1, 0.15) is 5.52 Å². The van der Waals surface area contributed by atoms with E-state index in [2.05, 4.69) is 15.0 Å². The highest BCUT2D eigenvalue weighted by Gasteiger charge is 2.24. The summed E-state index contributed by atoms with van der Waals surface area (Å²) in [4.78, 5) is 35.8. The van der Waals surface area contributed by atoms with Crippen molar-refractivity contribution in [2.45, 2.75) is 32.4 Å². The van der Waals surface area contributed by atoms with Crippen LogP contribution in [0.1, 0.15) is 30.3 Å². The lowest BCUT2D eigenvalue weighted by Gasteiger charge is -2.12. The molecule has 152 valence electrons. The van der Waals surface area contributed by atoms with E-state index in [4.69, 9.17) is 15.2 Å². The van der Waals surface area contributed by atoms with E-state index in [1.807, 2.05) is 0 Å². The molecule has 4 N–H and O–H groups in total. The van der Waals surface area contributed by atoms with Crippen LogP contribution >= 0.6 is 0 Å². The molecular formula is C19H21N5O5. The number of amides is 1. The van der Waals surface area contributed by atoms with Gasteiger partial charge in [-0.15, -0.1) is 0 Å². The Labute approximate surface area is 165 Å². The molecular weight excluding hydrogens is 378 g/mol. The van der Waals surface area contributed by atoms with Gasteiger partial charge in [-0.25, -0.2) is 14.8 Å². The van der Waals surface area contributed by atoms with Crippen LogP contribution in [0.4, 0.5) is 0 Å². The average Bonchev–Trinajstić information content (AvgIpc) is 3.31. The number of phenolic OH excluding ortho intramolecular Hbond substituents is 1. The first-order valence-corrected chi connectivity index (χ1v) is 9.36. The van der Waals surface area contributed by atoms with Gasteiger partial charge >= 0.3 is 5.69 Å². The van der Waals surface area contributed by atoms with Gasteiger partial charge in [0.05, 0.1) is 24.8 Å². The number of H-pyrrole nitrogens is 1. The maximum absolute atomic E-state index is 12.5. The van der Waals surface area contributed by atoms with Crippen molar-refractivity contribution < 1.29 is 19.4 Å². The van der Waals surface area contributed by atoms with Gasteiger partial charge in [0, 0.05) is 6.61 Å². The number of carbonyl (C=O) groups is 1. The van der Waals surface area contributed by atoms with Crippen molar-refractivity contribution in [1.82, 2.24) is 19.5 Å². The molecule has 1 fully saturated rings. The molecule has 1 amide bonds. The molecule has 2 aromatic heterocycles. The molecule has 0 saturated carbocycles. The van der Waals surface area contributed by atoms with Crippen molar-refractivity contribution in [3.8, 4) is 22.9 Å². The maximum atomic E-state index is 12.5. The minimum Gasteiger partial charge on any atom is -0.504 e. The molecule has 29 heavy (non-hydrogen) atoms. The number of para-hydroxylation sites is 1. The van der Waals surface area contributed by atoms with Crippen molar-refractivity contribution in [2.24, 2.45) is 5.73 Å². The predicted octanol–water partition coefficient (Wildman–Crippen LogP) is 1.17. The zero-order chi connectivity index (χ0) is 20.5. The fourth-order valence-corrected chi connectivity index (χ4v) is 3.46. The fourth-order valence-electron chi connectivity index (χ4n) is 3.46. The predicted molar refractivity (Wildman–Crippen MR) is 104 cm³/mol. The largest absolute Gasteiger partial charge is 0.504 e. The van der Waals surface area contributed by atoms with Crippen LogP contribution in [0.3, 0.4) is 0 Å². The molecule has 0 bridgehead atoms. The Morgan fingerprint density at radius 2 is 2.28 bits per heavy atom. The number of carbonyl (C=O) groups excluding carboxylic acids is 1. The zero-order valence-electron chi connectivity index (χ0n) is 15.8. The number of imidazole rings is 1. The summed E-state index contributed by atoms with van der Waals surface area (Å²) in [6.45, 7) is 3.09. The number of nitrogens with one attached hydrogen (secondary N) is 1. The smallest absolute Gasteiger partial charge is 0.327 e. The summed E-state index contributed by atoms with van der Waals surface area (Å²) in [6.07, 6.45) is 1.64. The monoisotopic (exact) mass is 399 g/mol. The van der Waals surface area contributed by atoms with Crippen molar-refractivity contribution in [2.75, 3.05) is 13.2 Å². The van der Waals surface area contributed by atoms with Gasteiger partial charge in [-0.1, -0.05) is 6.07 Å². The van der Waals surface area contributed by atoms with E-state index in [1.54, 1.807) is 25.1 Å². The third-order valence-electron chi connectivity index (χ3n) is 4.81. The lowest BCUT2D eigenvalue weighted by atomic mass is 10.1. The molecule has 10 heteroatoms. The fraction of sp³-hybridized carbons (Fsp3) is 0.368. The highest BCUT2D eigenvalue weighted by molar-refractivity contribution is 6.02. The number of aromatic hydroxyl groups is 1. The molecule has 0 radical (unpaired) electrons. The van der Waals surface area contributed by atoms with Crippen molar-refractivity contribution in [3.63, 3.8) is 0 Å². The van der Waals surface area contributed by atoms with E-state index in [1.165, 1.54) is 4.57 Å². The molecule has 1 aliphatic heterocycles. The standard InChI is InChI=1S/C19H21N5O5/c1-2-28-12-7-3-6-11(15(12)25)17-21-13(16(20)26)14-18(23-17)24(19(27)22-14)9-10-5-4-8-29-10/h3,6-7,10,25H,2,4-5,8-9H2,1H3,(H2,20,26)(H,22,27)/t10-/m1/s1. The van der Waals surface area contributed by atoms with E-state index in [-0.39, 0.29) is 45.8 Å².